The fourth-order valence-corrected chi connectivity index (χ4v) is 2.62. The summed E-state index contributed by atoms with van der Waals surface area (Å²) in [7, 11) is 0. The van der Waals surface area contributed by atoms with Crippen molar-refractivity contribution < 1.29 is 5.11 Å². The third-order valence-corrected chi connectivity index (χ3v) is 4.23. The van der Waals surface area contributed by atoms with Gasteiger partial charge in [0.1, 0.15) is 0 Å². The molecule has 0 aliphatic heterocycles. The molecule has 1 fully saturated rings. The van der Waals surface area contributed by atoms with E-state index < -0.39 is 0 Å². The summed E-state index contributed by atoms with van der Waals surface area (Å²) in [6.07, 6.45) is 4.83. The third-order valence-electron chi connectivity index (χ3n) is 3.07. The van der Waals surface area contributed by atoms with E-state index in [1.807, 2.05) is 0 Å². The zero-order valence-corrected chi connectivity index (χ0v) is 10.7. The average Bonchev–Trinajstić information content (AvgIpc) is 3.09. The summed E-state index contributed by atoms with van der Waals surface area (Å²) in [4.78, 5) is 1.26. The maximum Gasteiger partial charge on any atom is 0.0634 e. The second kappa shape index (κ2) is 5.74. The van der Waals surface area contributed by atoms with Gasteiger partial charge in [-0.25, -0.2) is 0 Å². The van der Waals surface area contributed by atoms with E-state index in [0.717, 1.165) is 18.1 Å². The van der Waals surface area contributed by atoms with Gasteiger partial charge in [-0.05, 0) is 37.8 Å². The van der Waals surface area contributed by atoms with E-state index in [4.69, 9.17) is 0 Å². The van der Waals surface area contributed by atoms with Crippen LogP contribution in [0.25, 0.3) is 0 Å². The minimum atomic E-state index is -0.132. The molecule has 1 atom stereocenters. The normalized spacial score (nSPS) is 17.4. The smallest absolute Gasteiger partial charge is 0.0634 e. The van der Waals surface area contributed by atoms with Gasteiger partial charge in [-0.15, -0.1) is 11.8 Å². The summed E-state index contributed by atoms with van der Waals surface area (Å²) in [6.45, 7) is 2.10. The van der Waals surface area contributed by atoms with Crippen LogP contribution in [-0.2, 0) is 0 Å². The Morgan fingerprint density at radius 3 is 2.62 bits per heavy atom. The van der Waals surface area contributed by atoms with Gasteiger partial charge < -0.3 is 5.11 Å². The van der Waals surface area contributed by atoms with Gasteiger partial charge >= 0.3 is 0 Å². The van der Waals surface area contributed by atoms with Crippen molar-refractivity contribution in [2.75, 3.05) is 5.75 Å². The molecule has 1 N–H and O–H groups in total. The Bertz CT molecular complexity index is 316. The van der Waals surface area contributed by atoms with Gasteiger partial charge in [-0.3, -0.25) is 0 Å². The molecule has 0 saturated heterocycles. The number of hydrogen-bond acceptors (Lipinski definition) is 2. The Balaban J connectivity index is 1.67. The van der Waals surface area contributed by atoms with Crippen LogP contribution in [0.4, 0.5) is 0 Å². The summed E-state index contributed by atoms with van der Waals surface area (Å²) in [5, 5.41) is 9.82. The monoisotopic (exact) mass is 236 g/mol. The largest absolute Gasteiger partial charge is 0.392 e. The molecule has 16 heavy (non-hydrogen) atoms. The quantitative estimate of drug-likeness (QED) is 0.761. The zero-order chi connectivity index (χ0) is 11.4. The summed E-state index contributed by atoms with van der Waals surface area (Å²) < 4.78 is 0. The van der Waals surface area contributed by atoms with Crippen molar-refractivity contribution in [1.29, 1.82) is 0 Å². The van der Waals surface area contributed by atoms with Crippen LogP contribution in [0.2, 0.25) is 0 Å². The molecule has 1 aromatic carbocycles. The molecule has 0 bridgehead atoms. The predicted octanol–water partition coefficient (Wildman–Crippen LogP) is 3.64. The lowest BCUT2D eigenvalue weighted by Gasteiger charge is -2.09. The molecule has 0 spiro atoms. The fraction of sp³-hybridized carbons (Fsp3) is 0.571. The van der Waals surface area contributed by atoms with Crippen molar-refractivity contribution in [1.82, 2.24) is 0 Å². The molecule has 1 aromatic rings. The van der Waals surface area contributed by atoms with E-state index in [2.05, 4.69) is 31.2 Å². The van der Waals surface area contributed by atoms with E-state index >= 15 is 0 Å². The van der Waals surface area contributed by atoms with Crippen LogP contribution in [-0.4, -0.2) is 17.0 Å². The van der Waals surface area contributed by atoms with E-state index in [9.17, 15) is 5.11 Å². The molecular weight excluding hydrogens is 216 g/mol. The molecule has 0 aromatic heterocycles. The molecule has 2 rings (SSSR count). The summed E-state index contributed by atoms with van der Waals surface area (Å²) in [5.41, 5.74) is 1.29. The van der Waals surface area contributed by atoms with Crippen LogP contribution in [0.5, 0.6) is 0 Å². The third kappa shape index (κ3) is 4.18. The highest BCUT2D eigenvalue weighted by atomic mass is 32.2. The molecule has 1 aliphatic rings. The number of aliphatic hydroxyl groups is 1. The Kier molecular flexibility index (Phi) is 4.30. The van der Waals surface area contributed by atoms with E-state index in [-0.39, 0.29) is 6.10 Å². The van der Waals surface area contributed by atoms with Gasteiger partial charge in [-0.2, -0.15) is 0 Å². The number of hydrogen-bond donors (Lipinski definition) is 1. The highest BCUT2D eigenvalue weighted by Crippen LogP contribution is 2.34. The number of thioether (sulfide) groups is 1. The Morgan fingerprint density at radius 2 is 2.00 bits per heavy atom. The number of benzene rings is 1. The van der Waals surface area contributed by atoms with Crippen LogP contribution in [0.15, 0.2) is 29.2 Å². The van der Waals surface area contributed by atoms with Crippen molar-refractivity contribution in [2.45, 2.75) is 43.6 Å². The maximum absolute atomic E-state index is 9.82. The van der Waals surface area contributed by atoms with Crippen molar-refractivity contribution >= 4 is 11.8 Å². The van der Waals surface area contributed by atoms with Gasteiger partial charge in [0.2, 0.25) is 0 Å². The molecule has 1 saturated carbocycles. The second-order valence-electron chi connectivity index (χ2n) is 4.80. The molecule has 1 unspecified atom stereocenters. The summed E-state index contributed by atoms with van der Waals surface area (Å²) >= 11 is 1.76. The minimum Gasteiger partial charge on any atom is -0.392 e. The highest BCUT2D eigenvalue weighted by Gasteiger charge is 2.21. The molecule has 1 nitrogen and oxygen atoms in total. The first kappa shape index (κ1) is 12.0. The standard InChI is InChI=1S/C14H20OS/c1-11-2-8-14(9-3-11)16-10-13(15)7-6-12-4-5-12/h2-3,8-9,12-13,15H,4-7,10H2,1H3. The first-order valence-electron chi connectivity index (χ1n) is 6.11. The first-order chi connectivity index (χ1) is 7.74. The van der Waals surface area contributed by atoms with Gasteiger partial charge in [0.15, 0.2) is 0 Å². The maximum atomic E-state index is 9.82. The van der Waals surface area contributed by atoms with Crippen LogP contribution in [0.1, 0.15) is 31.2 Å². The first-order valence-corrected chi connectivity index (χ1v) is 7.10. The van der Waals surface area contributed by atoms with Crippen molar-refractivity contribution in [3.63, 3.8) is 0 Å². The molecular formula is C14H20OS. The van der Waals surface area contributed by atoms with E-state index in [0.29, 0.717) is 0 Å². The molecule has 1 aliphatic carbocycles. The summed E-state index contributed by atoms with van der Waals surface area (Å²) in [6, 6.07) is 8.51. The van der Waals surface area contributed by atoms with E-state index in [1.54, 1.807) is 11.8 Å². The van der Waals surface area contributed by atoms with Crippen molar-refractivity contribution in [3.05, 3.63) is 29.8 Å². The van der Waals surface area contributed by atoms with Gasteiger partial charge in [0, 0.05) is 10.6 Å². The fourth-order valence-electron chi connectivity index (χ4n) is 1.74. The van der Waals surface area contributed by atoms with Gasteiger partial charge in [-0.1, -0.05) is 30.5 Å². The predicted molar refractivity (Wildman–Crippen MR) is 69.9 cm³/mol. The second-order valence-corrected chi connectivity index (χ2v) is 5.89. The van der Waals surface area contributed by atoms with Crippen molar-refractivity contribution in [3.8, 4) is 0 Å². The molecule has 0 amide bonds. The SMILES string of the molecule is Cc1ccc(SCC(O)CCC2CC2)cc1. The van der Waals surface area contributed by atoms with Gasteiger partial charge in [0.25, 0.3) is 0 Å². The minimum absolute atomic E-state index is 0.132. The van der Waals surface area contributed by atoms with Crippen LogP contribution in [0, 0.1) is 12.8 Å². The van der Waals surface area contributed by atoms with Crippen LogP contribution in [0.3, 0.4) is 0 Å². The lowest BCUT2D eigenvalue weighted by Crippen LogP contribution is -2.09. The number of rotatable bonds is 6. The zero-order valence-electron chi connectivity index (χ0n) is 9.86. The Morgan fingerprint density at radius 1 is 1.31 bits per heavy atom. The van der Waals surface area contributed by atoms with Crippen LogP contribution < -0.4 is 0 Å². The topological polar surface area (TPSA) is 20.2 Å². The Hall–Kier alpha value is -0.470. The van der Waals surface area contributed by atoms with Gasteiger partial charge in [0.05, 0.1) is 6.10 Å². The van der Waals surface area contributed by atoms with E-state index in [1.165, 1.54) is 29.7 Å². The summed E-state index contributed by atoms with van der Waals surface area (Å²) in [5.74, 6) is 1.76. The van der Waals surface area contributed by atoms with Crippen molar-refractivity contribution in [2.24, 2.45) is 5.92 Å². The number of aliphatic hydroxyl groups excluding tert-OH is 1. The lowest BCUT2D eigenvalue weighted by atomic mass is 10.1. The Labute approximate surface area is 102 Å². The average molecular weight is 236 g/mol. The highest BCUT2D eigenvalue weighted by molar-refractivity contribution is 7.99. The molecule has 2 heteroatoms. The number of aryl methyl sites for hydroxylation is 1. The lowest BCUT2D eigenvalue weighted by molar-refractivity contribution is 0.184. The molecule has 0 heterocycles. The van der Waals surface area contributed by atoms with Crippen LogP contribution >= 0.6 is 11.8 Å². The molecule has 88 valence electrons. The molecule has 0 radical (unpaired) electrons.